The molecule has 3 aromatic rings. The predicted molar refractivity (Wildman–Crippen MR) is 162 cm³/mol. The van der Waals surface area contributed by atoms with Crippen molar-refractivity contribution in [2.75, 3.05) is 39.3 Å². The first kappa shape index (κ1) is 28.4. The average molecular weight is 575 g/mol. The molecule has 2 aliphatic heterocycles. The number of amides is 1. The summed E-state index contributed by atoms with van der Waals surface area (Å²) in [6.45, 7) is 16.0. The van der Waals surface area contributed by atoms with Crippen molar-refractivity contribution >= 4 is 17.2 Å². The molecule has 0 radical (unpaired) electrons. The third kappa shape index (κ3) is 5.33. The lowest BCUT2D eigenvalue weighted by atomic mass is 9.86. The first-order chi connectivity index (χ1) is 19.8. The van der Waals surface area contributed by atoms with Gasteiger partial charge in [-0.3, -0.25) is 14.6 Å². The topological polar surface area (TPSA) is 74.7 Å². The summed E-state index contributed by atoms with van der Waals surface area (Å²) in [5, 5.41) is 3.12. The van der Waals surface area contributed by atoms with Crippen LogP contribution in [0.1, 0.15) is 72.5 Å². The van der Waals surface area contributed by atoms with E-state index in [9.17, 15) is 4.79 Å². The molecule has 218 valence electrons. The van der Waals surface area contributed by atoms with E-state index in [0.717, 1.165) is 75.0 Å². The SMILES string of the molecule is CCOC1Cc2cc(-c3nccs3)ccc2[C@H]1N1CCN(C2(C)CCN(C(=O)c3c(C)ncnc3C)CC2)CC1C. The van der Waals surface area contributed by atoms with Crippen molar-refractivity contribution in [3.8, 4) is 10.6 Å². The summed E-state index contributed by atoms with van der Waals surface area (Å²) in [5.41, 5.74) is 6.29. The second kappa shape index (κ2) is 11.5. The number of likely N-dealkylation sites (tertiary alicyclic amines) is 1. The number of aryl methyl sites for hydroxylation is 2. The molecule has 0 bridgehead atoms. The summed E-state index contributed by atoms with van der Waals surface area (Å²) in [6.07, 6.45) is 6.50. The highest BCUT2D eigenvalue weighted by molar-refractivity contribution is 7.13. The number of fused-ring (bicyclic) bond motifs is 1. The molecule has 0 spiro atoms. The minimum atomic E-state index is 0.0701. The van der Waals surface area contributed by atoms with E-state index in [1.807, 2.05) is 30.3 Å². The van der Waals surface area contributed by atoms with Gasteiger partial charge in [0.1, 0.15) is 11.3 Å². The van der Waals surface area contributed by atoms with Gasteiger partial charge in [-0.1, -0.05) is 12.1 Å². The second-order valence-corrected chi connectivity index (χ2v) is 13.0. The zero-order valence-corrected chi connectivity index (χ0v) is 25.8. The van der Waals surface area contributed by atoms with Crippen LogP contribution >= 0.6 is 11.3 Å². The molecule has 9 heteroatoms. The van der Waals surface area contributed by atoms with Crippen LogP contribution in [0.25, 0.3) is 10.6 Å². The third-order valence-electron chi connectivity index (χ3n) is 9.66. The molecular weight excluding hydrogens is 532 g/mol. The fraction of sp³-hybridized carbons (Fsp3) is 0.562. The Kier molecular flexibility index (Phi) is 7.98. The van der Waals surface area contributed by atoms with E-state index in [1.54, 1.807) is 11.3 Å². The van der Waals surface area contributed by atoms with E-state index >= 15 is 0 Å². The monoisotopic (exact) mass is 574 g/mol. The molecule has 8 nitrogen and oxygen atoms in total. The third-order valence-corrected chi connectivity index (χ3v) is 10.5. The van der Waals surface area contributed by atoms with Crippen molar-refractivity contribution in [1.29, 1.82) is 0 Å². The summed E-state index contributed by atoms with van der Waals surface area (Å²) in [6, 6.07) is 7.58. The first-order valence-electron chi connectivity index (χ1n) is 15.0. The lowest BCUT2D eigenvalue weighted by molar-refractivity contribution is -0.0630. The molecule has 1 amide bonds. The summed E-state index contributed by atoms with van der Waals surface area (Å²) < 4.78 is 6.37. The highest BCUT2D eigenvalue weighted by Crippen LogP contribution is 2.42. The van der Waals surface area contributed by atoms with E-state index in [1.165, 1.54) is 23.0 Å². The van der Waals surface area contributed by atoms with Crippen LogP contribution in [0, 0.1) is 13.8 Å². The minimum Gasteiger partial charge on any atom is -0.376 e. The van der Waals surface area contributed by atoms with Crippen LogP contribution in [-0.4, -0.2) is 92.6 Å². The maximum atomic E-state index is 13.4. The van der Waals surface area contributed by atoms with Gasteiger partial charge < -0.3 is 9.64 Å². The number of aromatic nitrogens is 3. The molecule has 1 aromatic carbocycles. The molecule has 1 aliphatic carbocycles. The molecule has 2 fully saturated rings. The van der Waals surface area contributed by atoms with Gasteiger partial charge in [0.25, 0.3) is 5.91 Å². The summed E-state index contributed by atoms with van der Waals surface area (Å²) in [4.78, 5) is 33.8. The minimum absolute atomic E-state index is 0.0701. The van der Waals surface area contributed by atoms with Gasteiger partial charge >= 0.3 is 0 Å². The van der Waals surface area contributed by atoms with Gasteiger partial charge in [0, 0.05) is 74.5 Å². The van der Waals surface area contributed by atoms with Crippen LogP contribution in [0.15, 0.2) is 36.1 Å². The number of thiazole rings is 1. The second-order valence-electron chi connectivity index (χ2n) is 12.1. The van der Waals surface area contributed by atoms with Crippen molar-refractivity contribution < 1.29 is 9.53 Å². The fourth-order valence-corrected chi connectivity index (χ4v) is 7.93. The Morgan fingerprint density at radius 3 is 2.51 bits per heavy atom. The van der Waals surface area contributed by atoms with Crippen LogP contribution in [0.5, 0.6) is 0 Å². The van der Waals surface area contributed by atoms with Gasteiger partial charge in [0.05, 0.1) is 29.1 Å². The normalized spacial score (nSPS) is 24.9. The number of nitrogens with zero attached hydrogens (tertiary/aromatic N) is 6. The average Bonchev–Trinajstić information content (AvgIpc) is 3.62. The number of ether oxygens (including phenoxy) is 1. The summed E-state index contributed by atoms with van der Waals surface area (Å²) in [5.74, 6) is 0.0701. The van der Waals surface area contributed by atoms with E-state index < -0.39 is 0 Å². The lowest BCUT2D eigenvalue weighted by Crippen LogP contribution is -2.62. The number of benzene rings is 1. The van der Waals surface area contributed by atoms with Gasteiger partial charge in [0.2, 0.25) is 0 Å². The van der Waals surface area contributed by atoms with E-state index in [-0.39, 0.29) is 23.6 Å². The Morgan fingerprint density at radius 2 is 1.85 bits per heavy atom. The Balaban J connectivity index is 1.13. The number of rotatable bonds is 6. The molecule has 0 N–H and O–H groups in total. The van der Waals surface area contributed by atoms with Crippen molar-refractivity contribution in [3.63, 3.8) is 0 Å². The number of hydrogen-bond acceptors (Lipinski definition) is 8. The predicted octanol–water partition coefficient (Wildman–Crippen LogP) is 4.92. The van der Waals surface area contributed by atoms with Crippen LogP contribution in [0.3, 0.4) is 0 Å². The zero-order valence-electron chi connectivity index (χ0n) is 25.0. The molecule has 2 aromatic heterocycles. The van der Waals surface area contributed by atoms with Crippen LogP contribution in [0.4, 0.5) is 0 Å². The summed E-state index contributed by atoms with van der Waals surface area (Å²) >= 11 is 1.69. The van der Waals surface area contributed by atoms with E-state index in [0.29, 0.717) is 11.6 Å². The molecule has 4 heterocycles. The highest BCUT2D eigenvalue weighted by atomic mass is 32.1. The van der Waals surface area contributed by atoms with Gasteiger partial charge in [-0.2, -0.15) is 0 Å². The smallest absolute Gasteiger partial charge is 0.257 e. The molecule has 41 heavy (non-hydrogen) atoms. The maximum absolute atomic E-state index is 13.4. The highest BCUT2D eigenvalue weighted by Gasteiger charge is 2.44. The van der Waals surface area contributed by atoms with Gasteiger partial charge in [-0.15, -0.1) is 11.3 Å². The quantitative estimate of drug-likeness (QED) is 0.414. The largest absolute Gasteiger partial charge is 0.376 e. The molecule has 6 rings (SSSR count). The standard InChI is InChI=1S/C32H42N6O2S/c1-6-40-27-18-25-17-24(30-33-11-16-41-30)7-8-26(25)29(27)38-15-14-37(19-21(38)2)32(5)9-12-36(13-10-32)31(39)28-22(3)34-20-35-23(28)4/h7-8,11,16-17,20-21,27,29H,6,9-10,12-15,18-19H2,1-5H3/t21?,27?,29-/m1/s1. The van der Waals surface area contributed by atoms with Crippen molar-refractivity contribution in [1.82, 2.24) is 29.7 Å². The Bertz CT molecular complexity index is 1370. The Morgan fingerprint density at radius 1 is 1.10 bits per heavy atom. The number of carbonyl (C=O) groups excluding carboxylic acids is 1. The Hall–Kier alpha value is -2.72. The van der Waals surface area contributed by atoms with Crippen molar-refractivity contribution in [3.05, 3.63) is 64.2 Å². The molecule has 3 atom stereocenters. The molecule has 2 unspecified atom stereocenters. The lowest BCUT2D eigenvalue weighted by Gasteiger charge is -2.53. The maximum Gasteiger partial charge on any atom is 0.257 e. The molecule has 0 saturated carbocycles. The van der Waals surface area contributed by atoms with Crippen LogP contribution in [-0.2, 0) is 11.2 Å². The van der Waals surface area contributed by atoms with E-state index in [2.05, 4.69) is 63.7 Å². The van der Waals surface area contributed by atoms with Gasteiger partial charge in [0.15, 0.2) is 0 Å². The molecule has 2 saturated heterocycles. The molecular formula is C32H42N6O2S. The Labute approximate surface area is 247 Å². The number of hydrogen-bond donors (Lipinski definition) is 0. The number of carbonyl (C=O) groups is 1. The first-order valence-corrected chi connectivity index (χ1v) is 15.9. The fourth-order valence-electron chi connectivity index (χ4n) is 7.30. The van der Waals surface area contributed by atoms with Gasteiger partial charge in [-0.25, -0.2) is 15.0 Å². The van der Waals surface area contributed by atoms with Crippen molar-refractivity contribution in [2.45, 2.75) is 77.6 Å². The van der Waals surface area contributed by atoms with Crippen LogP contribution < -0.4 is 0 Å². The number of piperidine rings is 1. The van der Waals surface area contributed by atoms with Crippen molar-refractivity contribution in [2.24, 2.45) is 0 Å². The van der Waals surface area contributed by atoms with Gasteiger partial charge in [-0.05, 0) is 64.7 Å². The van der Waals surface area contributed by atoms with Crippen LogP contribution in [0.2, 0.25) is 0 Å². The molecule has 3 aliphatic rings. The van der Waals surface area contributed by atoms with E-state index in [4.69, 9.17) is 4.74 Å². The zero-order chi connectivity index (χ0) is 28.7. The number of piperazine rings is 1. The summed E-state index contributed by atoms with van der Waals surface area (Å²) in [7, 11) is 0.